The molecule has 1 heterocycles. The molecule has 29 heavy (non-hydrogen) atoms. The summed E-state index contributed by atoms with van der Waals surface area (Å²) in [6.45, 7) is 7.11. The zero-order chi connectivity index (χ0) is 20.8. The number of quaternary nitrogens is 2. The number of carbonyl (C=O) groups excluding carboxylic acids is 1. The molecule has 0 spiro atoms. The highest BCUT2D eigenvalue weighted by molar-refractivity contribution is 5.95. The van der Waals surface area contributed by atoms with Crippen LogP contribution < -0.4 is 24.2 Å². The van der Waals surface area contributed by atoms with E-state index in [9.17, 15) is 4.79 Å². The van der Waals surface area contributed by atoms with Crippen LogP contribution in [0.5, 0.6) is 11.5 Å². The van der Waals surface area contributed by atoms with Crippen LogP contribution in [0, 0.1) is 0 Å². The molecule has 0 radical (unpaired) electrons. The molecule has 6 heteroatoms. The number of rotatable bonds is 7. The first-order valence-corrected chi connectivity index (χ1v) is 10.2. The van der Waals surface area contributed by atoms with Crippen LogP contribution in [0.1, 0.15) is 12.5 Å². The zero-order valence-corrected chi connectivity index (χ0v) is 17.9. The molecule has 2 aromatic rings. The van der Waals surface area contributed by atoms with Gasteiger partial charge in [-0.1, -0.05) is 18.2 Å². The van der Waals surface area contributed by atoms with Gasteiger partial charge in [-0.05, 0) is 37.3 Å². The van der Waals surface area contributed by atoms with E-state index in [1.54, 1.807) is 19.1 Å². The number of ether oxygens (including phenoxy) is 2. The minimum absolute atomic E-state index is 0.0390. The molecule has 2 N–H and O–H groups in total. The molecule has 0 aromatic heterocycles. The molecule has 156 valence electrons. The molecule has 1 fully saturated rings. The molecule has 0 unspecified atom stereocenters. The summed E-state index contributed by atoms with van der Waals surface area (Å²) < 4.78 is 10.7. The van der Waals surface area contributed by atoms with E-state index >= 15 is 0 Å². The van der Waals surface area contributed by atoms with Crippen LogP contribution in [0.4, 0.5) is 5.69 Å². The Morgan fingerprint density at radius 3 is 2.28 bits per heavy atom. The lowest BCUT2D eigenvalue weighted by Gasteiger charge is -2.34. The quantitative estimate of drug-likeness (QED) is 0.691. The molecule has 1 amide bonds. The number of amides is 1. The Morgan fingerprint density at radius 1 is 1.00 bits per heavy atom. The molecule has 1 aliphatic rings. The number of likely N-dealkylation sites (N-methyl/N-ethyl adjacent to an activating group) is 1. The summed E-state index contributed by atoms with van der Waals surface area (Å²) in [5, 5.41) is 0. The maximum Gasteiger partial charge on any atom is 0.284 e. The van der Waals surface area contributed by atoms with Crippen molar-refractivity contribution in [2.45, 2.75) is 19.5 Å². The van der Waals surface area contributed by atoms with Crippen molar-refractivity contribution in [1.82, 2.24) is 0 Å². The second-order valence-corrected chi connectivity index (χ2v) is 7.73. The van der Waals surface area contributed by atoms with Gasteiger partial charge in [-0.15, -0.1) is 0 Å². The lowest BCUT2D eigenvalue weighted by molar-refractivity contribution is -1.02. The van der Waals surface area contributed by atoms with Gasteiger partial charge in [0.25, 0.3) is 5.91 Å². The molecular formula is C23H33N3O3+2. The van der Waals surface area contributed by atoms with Crippen LogP contribution in [0.2, 0.25) is 0 Å². The van der Waals surface area contributed by atoms with Crippen molar-refractivity contribution in [1.29, 1.82) is 0 Å². The Balaban J connectivity index is 1.54. The van der Waals surface area contributed by atoms with Crippen LogP contribution in [0.25, 0.3) is 0 Å². The van der Waals surface area contributed by atoms with E-state index in [-0.39, 0.29) is 11.9 Å². The summed E-state index contributed by atoms with van der Waals surface area (Å²) in [5.74, 6) is 1.71. The first kappa shape index (κ1) is 21.1. The average molecular weight is 400 g/mol. The van der Waals surface area contributed by atoms with Crippen molar-refractivity contribution in [2.24, 2.45) is 0 Å². The van der Waals surface area contributed by atoms with Gasteiger partial charge in [-0.2, -0.15) is 0 Å². The lowest BCUT2D eigenvalue weighted by atomic mass is 10.1. The van der Waals surface area contributed by atoms with E-state index in [2.05, 4.69) is 19.1 Å². The van der Waals surface area contributed by atoms with E-state index in [0.717, 1.165) is 49.9 Å². The summed E-state index contributed by atoms with van der Waals surface area (Å²) in [6.07, 6.45) is 0. The molecule has 0 aliphatic carbocycles. The minimum atomic E-state index is -0.0390. The molecule has 1 aliphatic heterocycles. The molecule has 2 aromatic carbocycles. The Morgan fingerprint density at radius 2 is 1.66 bits per heavy atom. The van der Waals surface area contributed by atoms with Gasteiger partial charge in [0, 0.05) is 18.3 Å². The molecular weight excluding hydrogens is 366 g/mol. The van der Waals surface area contributed by atoms with Crippen LogP contribution in [0.15, 0.2) is 48.5 Å². The fourth-order valence-corrected chi connectivity index (χ4v) is 4.06. The third-order valence-corrected chi connectivity index (χ3v) is 5.96. The van der Waals surface area contributed by atoms with E-state index in [0.29, 0.717) is 0 Å². The Labute approximate surface area is 173 Å². The topological polar surface area (TPSA) is 47.7 Å². The van der Waals surface area contributed by atoms with Gasteiger partial charge in [0.2, 0.25) is 0 Å². The van der Waals surface area contributed by atoms with Gasteiger partial charge >= 0.3 is 0 Å². The highest BCUT2D eigenvalue weighted by Crippen LogP contribution is 2.27. The number of methoxy groups -OCH3 is 2. The Bertz CT molecular complexity index is 804. The largest absolute Gasteiger partial charge is 0.493 e. The third kappa shape index (κ3) is 5.08. The van der Waals surface area contributed by atoms with Crippen molar-refractivity contribution in [3.8, 4) is 11.5 Å². The van der Waals surface area contributed by atoms with Gasteiger partial charge in [-0.3, -0.25) is 4.79 Å². The van der Waals surface area contributed by atoms with Crippen LogP contribution in [-0.4, -0.2) is 59.4 Å². The number of nitrogens with zero attached hydrogens (tertiary/aromatic N) is 1. The highest BCUT2D eigenvalue weighted by atomic mass is 16.5. The van der Waals surface area contributed by atoms with Gasteiger partial charge in [0.15, 0.2) is 17.5 Å². The molecule has 0 saturated carbocycles. The van der Waals surface area contributed by atoms with Crippen LogP contribution in [0.3, 0.4) is 0 Å². The number of hydrogen-bond acceptors (Lipinski definition) is 3. The average Bonchev–Trinajstić information content (AvgIpc) is 2.78. The number of para-hydroxylation sites is 1. The normalized spacial score (nSPS) is 20.0. The summed E-state index contributed by atoms with van der Waals surface area (Å²) in [5.41, 5.74) is 2.19. The summed E-state index contributed by atoms with van der Waals surface area (Å²) in [4.78, 5) is 17.6. The molecule has 1 atom stereocenters. The summed E-state index contributed by atoms with van der Waals surface area (Å²) >= 11 is 0. The smallest absolute Gasteiger partial charge is 0.284 e. The maximum atomic E-state index is 12.9. The fourth-order valence-electron chi connectivity index (χ4n) is 4.06. The SMILES string of the molecule is COc1ccc(C[NH+]2CC[NH+]([C@@H](C)C(=O)N(C)c3ccccc3)CC2)cc1OC. The number of anilines is 1. The van der Waals surface area contributed by atoms with Gasteiger partial charge in [0.05, 0.1) is 14.2 Å². The van der Waals surface area contributed by atoms with Crippen molar-refractivity contribution in [3.63, 3.8) is 0 Å². The predicted molar refractivity (Wildman–Crippen MR) is 114 cm³/mol. The zero-order valence-electron chi connectivity index (χ0n) is 17.9. The number of benzene rings is 2. The monoisotopic (exact) mass is 399 g/mol. The lowest BCUT2D eigenvalue weighted by Crippen LogP contribution is -3.29. The fraction of sp³-hybridized carbons (Fsp3) is 0.435. The van der Waals surface area contributed by atoms with Gasteiger partial charge in [0.1, 0.15) is 32.7 Å². The number of carbonyl (C=O) groups is 1. The number of piperazine rings is 1. The molecule has 3 rings (SSSR count). The maximum absolute atomic E-state index is 12.9. The third-order valence-electron chi connectivity index (χ3n) is 5.96. The summed E-state index contributed by atoms with van der Waals surface area (Å²) in [6, 6.07) is 16.0. The van der Waals surface area contributed by atoms with Crippen LogP contribution in [-0.2, 0) is 11.3 Å². The van der Waals surface area contributed by atoms with E-state index in [1.165, 1.54) is 15.4 Å². The molecule has 6 nitrogen and oxygen atoms in total. The van der Waals surface area contributed by atoms with E-state index in [4.69, 9.17) is 9.47 Å². The number of hydrogen-bond donors (Lipinski definition) is 2. The Hall–Kier alpha value is -2.57. The van der Waals surface area contributed by atoms with Gasteiger partial charge < -0.3 is 24.2 Å². The first-order chi connectivity index (χ1) is 14.0. The van der Waals surface area contributed by atoms with Crippen molar-refractivity contribution >= 4 is 11.6 Å². The summed E-state index contributed by atoms with van der Waals surface area (Å²) in [7, 11) is 5.19. The second-order valence-electron chi connectivity index (χ2n) is 7.73. The molecule has 0 bridgehead atoms. The van der Waals surface area contributed by atoms with E-state index < -0.39 is 0 Å². The van der Waals surface area contributed by atoms with Crippen molar-refractivity contribution in [3.05, 3.63) is 54.1 Å². The van der Waals surface area contributed by atoms with Crippen molar-refractivity contribution in [2.75, 3.05) is 52.3 Å². The first-order valence-electron chi connectivity index (χ1n) is 10.2. The van der Waals surface area contributed by atoms with Crippen LogP contribution >= 0.6 is 0 Å². The predicted octanol–water partition coefficient (Wildman–Crippen LogP) is 0.0387. The number of nitrogens with one attached hydrogen (secondary N) is 2. The molecule has 1 saturated heterocycles. The standard InChI is InChI=1S/C23H31N3O3/c1-18(23(27)24(2)20-8-6-5-7-9-20)26-14-12-25(13-15-26)17-19-10-11-21(28-3)22(16-19)29-4/h5-11,16,18H,12-15,17H2,1-4H3/p+2/t18-/m0/s1. The van der Waals surface area contributed by atoms with Crippen molar-refractivity contribution < 1.29 is 24.1 Å². The van der Waals surface area contributed by atoms with E-state index in [1.807, 2.05) is 43.4 Å². The minimum Gasteiger partial charge on any atom is -0.493 e. The highest BCUT2D eigenvalue weighted by Gasteiger charge is 2.33. The Kier molecular flexibility index (Phi) is 7.12. The van der Waals surface area contributed by atoms with Gasteiger partial charge in [-0.25, -0.2) is 0 Å². The second kappa shape index (κ2) is 9.76.